The van der Waals surface area contributed by atoms with E-state index in [4.69, 9.17) is 15.4 Å². The third-order valence-electron chi connectivity index (χ3n) is 2.89. The molecule has 0 saturated heterocycles. The number of benzene rings is 1. The Morgan fingerprint density at radius 2 is 2.10 bits per heavy atom. The van der Waals surface area contributed by atoms with Crippen molar-refractivity contribution >= 4 is 41.6 Å². The van der Waals surface area contributed by atoms with E-state index in [2.05, 4.69) is 21.2 Å². The van der Waals surface area contributed by atoms with Gasteiger partial charge in [0.25, 0.3) is 15.0 Å². The zero-order valence-corrected chi connectivity index (χ0v) is 15.1. The van der Waals surface area contributed by atoms with Crippen LogP contribution in [0.5, 0.6) is 0 Å². The van der Waals surface area contributed by atoms with E-state index in [1.807, 2.05) is 6.92 Å². The zero-order valence-electron chi connectivity index (χ0n) is 11.9. The fourth-order valence-electron chi connectivity index (χ4n) is 1.85. The lowest BCUT2D eigenvalue weighted by Crippen LogP contribution is -2.30. The summed E-state index contributed by atoms with van der Waals surface area (Å²) in [5.74, 6) is -0.194. The number of hydrogen-bond donors (Lipinski definition) is 1. The fraction of sp³-hybridized carbons (Fsp3) is 0.462. The maximum atomic E-state index is 12.2. The van der Waals surface area contributed by atoms with Crippen molar-refractivity contribution in [2.24, 2.45) is 5.92 Å². The Balaban J connectivity index is 3.03. The molecule has 0 heterocycles. The summed E-state index contributed by atoms with van der Waals surface area (Å²) in [4.78, 5) is 12.1. The molecule has 5 nitrogen and oxygen atoms in total. The maximum Gasteiger partial charge on any atom is 0.261 e. The molecule has 0 radical (unpaired) electrons. The third-order valence-corrected chi connectivity index (χ3v) is 4.80. The molecular weight excluding hydrogens is 382 g/mol. The first kappa shape index (κ1) is 18.4. The normalized spacial score (nSPS) is 13.0. The van der Waals surface area contributed by atoms with Gasteiger partial charge in [0.2, 0.25) is 0 Å². The number of hydrogen-bond acceptors (Lipinski definition) is 4. The van der Waals surface area contributed by atoms with Gasteiger partial charge in [-0.3, -0.25) is 4.79 Å². The number of nitrogens with one attached hydrogen (secondary N) is 1. The summed E-state index contributed by atoms with van der Waals surface area (Å²) in [6.45, 7) is 4.45. The molecule has 1 aromatic rings. The highest BCUT2D eigenvalue weighted by Gasteiger charge is 2.20. The van der Waals surface area contributed by atoms with Crippen LogP contribution in [0.15, 0.2) is 21.5 Å². The first-order chi connectivity index (χ1) is 9.66. The number of carbonyl (C=O) groups excluding carboxylic acids is 1. The van der Waals surface area contributed by atoms with Crippen LogP contribution in [0.2, 0.25) is 0 Å². The van der Waals surface area contributed by atoms with Gasteiger partial charge in [-0.2, -0.15) is 0 Å². The number of carbonyl (C=O) groups is 1. The molecule has 0 spiro atoms. The summed E-state index contributed by atoms with van der Waals surface area (Å²) in [6, 6.07) is 2.94. The number of ether oxygens (including phenoxy) is 1. The molecule has 0 bridgehead atoms. The highest BCUT2D eigenvalue weighted by molar-refractivity contribution is 9.10. The lowest BCUT2D eigenvalue weighted by molar-refractivity contribution is 0.0933. The van der Waals surface area contributed by atoms with Crippen molar-refractivity contribution in [1.29, 1.82) is 0 Å². The monoisotopic (exact) mass is 397 g/mol. The van der Waals surface area contributed by atoms with E-state index in [1.165, 1.54) is 6.07 Å². The molecule has 1 amide bonds. The predicted octanol–water partition coefficient (Wildman–Crippen LogP) is 2.70. The fourth-order valence-corrected chi connectivity index (χ4v) is 3.68. The van der Waals surface area contributed by atoms with Crippen LogP contribution in [0.25, 0.3) is 0 Å². The minimum Gasteiger partial charge on any atom is -0.384 e. The van der Waals surface area contributed by atoms with Crippen molar-refractivity contribution < 1.29 is 17.9 Å². The van der Waals surface area contributed by atoms with E-state index < -0.39 is 9.05 Å². The number of methoxy groups -OCH3 is 1. The average Bonchev–Trinajstić information content (AvgIpc) is 2.37. The molecule has 0 aliphatic carbocycles. The van der Waals surface area contributed by atoms with E-state index in [0.717, 1.165) is 0 Å². The van der Waals surface area contributed by atoms with Gasteiger partial charge in [0.05, 0.1) is 11.5 Å². The van der Waals surface area contributed by atoms with Crippen LogP contribution in [0, 0.1) is 12.8 Å². The van der Waals surface area contributed by atoms with Crippen LogP contribution in [0.3, 0.4) is 0 Å². The molecule has 1 atom stereocenters. The van der Waals surface area contributed by atoms with Gasteiger partial charge in [0, 0.05) is 34.4 Å². The Kier molecular flexibility index (Phi) is 6.65. The first-order valence-corrected chi connectivity index (χ1v) is 9.29. The quantitative estimate of drug-likeness (QED) is 0.748. The Hall–Kier alpha value is -0.630. The first-order valence-electron chi connectivity index (χ1n) is 6.18. The molecule has 0 aromatic heterocycles. The Labute approximate surface area is 137 Å². The molecule has 1 N–H and O–H groups in total. The molecule has 1 unspecified atom stereocenters. The van der Waals surface area contributed by atoms with Crippen LogP contribution in [-0.2, 0) is 13.8 Å². The molecule has 0 aliphatic heterocycles. The van der Waals surface area contributed by atoms with E-state index in [9.17, 15) is 13.2 Å². The maximum absolute atomic E-state index is 12.2. The highest BCUT2D eigenvalue weighted by atomic mass is 79.9. The van der Waals surface area contributed by atoms with Gasteiger partial charge in [-0.25, -0.2) is 8.42 Å². The number of amides is 1. The summed E-state index contributed by atoms with van der Waals surface area (Å²) in [5.41, 5.74) is 0.596. The van der Waals surface area contributed by atoms with E-state index in [0.29, 0.717) is 23.2 Å². The van der Waals surface area contributed by atoms with Crippen molar-refractivity contribution in [2.75, 3.05) is 20.3 Å². The van der Waals surface area contributed by atoms with Crippen LogP contribution in [0.1, 0.15) is 22.8 Å². The number of halogens is 2. The molecule has 0 fully saturated rings. The van der Waals surface area contributed by atoms with Gasteiger partial charge in [-0.15, -0.1) is 0 Å². The Morgan fingerprint density at radius 3 is 2.62 bits per heavy atom. The van der Waals surface area contributed by atoms with Crippen molar-refractivity contribution in [1.82, 2.24) is 5.32 Å². The molecule has 118 valence electrons. The smallest absolute Gasteiger partial charge is 0.261 e. The van der Waals surface area contributed by atoms with E-state index >= 15 is 0 Å². The summed E-state index contributed by atoms with van der Waals surface area (Å²) < 4.78 is 28.5. The standard InChI is InChI=1S/C13H17BrClNO4S/c1-8(7-20-3)6-16-13(17)11-4-10(14)5-12(9(11)2)21(15,18)19/h4-5,8H,6-7H2,1-3H3,(H,16,17). The second-order valence-electron chi connectivity index (χ2n) is 4.78. The zero-order chi connectivity index (χ0) is 16.2. The van der Waals surface area contributed by atoms with Crippen LogP contribution in [0.4, 0.5) is 0 Å². The average molecular weight is 399 g/mol. The molecular formula is C13H17BrClNO4S. The third kappa shape index (κ3) is 5.25. The molecule has 1 aromatic carbocycles. The topological polar surface area (TPSA) is 72.5 Å². The summed E-state index contributed by atoms with van der Waals surface area (Å²) in [5, 5.41) is 2.75. The van der Waals surface area contributed by atoms with Crippen molar-refractivity contribution in [2.45, 2.75) is 18.7 Å². The minimum atomic E-state index is -3.91. The van der Waals surface area contributed by atoms with Crippen LogP contribution in [-0.4, -0.2) is 34.6 Å². The predicted molar refractivity (Wildman–Crippen MR) is 85.3 cm³/mol. The SMILES string of the molecule is COCC(C)CNC(=O)c1cc(Br)cc(S(=O)(=O)Cl)c1C. The van der Waals surface area contributed by atoms with Crippen molar-refractivity contribution in [3.63, 3.8) is 0 Å². The minimum absolute atomic E-state index is 0.0753. The van der Waals surface area contributed by atoms with Gasteiger partial charge in [-0.1, -0.05) is 22.9 Å². The summed E-state index contributed by atoms with van der Waals surface area (Å²) in [6.07, 6.45) is 0. The van der Waals surface area contributed by atoms with Crippen LogP contribution < -0.4 is 5.32 Å². The van der Waals surface area contributed by atoms with Gasteiger partial charge in [0.1, 0.15) is 0 Å². The largest absolute Gasteiger partial charge is 0.384 e. The van der Waals surface area contributed by atoms with Crippen molar-refractivity contribution in [3.05, 3.63) is 27.7 Å². The summed E-state index contributed by atoms with van der Waals surface area (Å²) in [7, 11) is 3.07. The van der Waals surface area contributed by atoms with Gasteiger partial charge in [-0.05, 0) is 30.5 Å². The lowest BCUT2D eigenvalue weighted by Gasteiger charge is -2.14. The molecule has 0 saturated carbocycles. The van der Waals surface area contributed by atoms with Gasteiger partial charge in [0.15, 0.2) is 0 Å². The molecule has 1 rings (SSSR count). The molecule has 0 aliphatic rings. The highest BCUT2D eigenvalue weighted by Crippen LogP contribution is 2.27. The summed E-state index contributed by atoms with van der Waals surface area (Å²) >= 11 is 3.19. The molecule has 8 heteroatoms. The van der Waals surface area contributed by atoms with E-state index in [-0.39, 0.29) is 22.3 Å². The second-order valence-corrected chi connectivity index (χ2v) is 8.23. The van der Waals surface area contributed by atoms with Gasteiger partial charge >= 0.3 is 0 Å². The molecule has 21 heavy (non-hydrogen) atoms. The van der Waals surface area contributed by atoms with Gasteiger partial charge < -0.3 is 10.1 Å². The van der Waals surface area contributed by atoms with Crippen molar-refractivity contribution in [3.8, 4) is 0 Å². The second kappa shape index (κ2) is 7.58. The number of rotatable bonds is 6. The van der Waals surface area contributed by atoms with Crippen LogP contribution >= 0.6 is 26.6 Å². The lowest BCUT2D eigenvalue weighted by atomic mass is 10.1. The van der Waals surface area contributed by atoms with E-state index in [1.54, 1.807) is 20.1 Å². The Morgan fingerprint density at radius 1 is 1.48 bits per heavy atom. The Bertz CT molecular complexity index is 633.